The van der Waals surface area contributed by atoms with Crippen LogP contribution in [-0.2, 0) is 6.42 Å². The number of aryl methyl sites for hydroxylation is 2. The van der Waals surface area contributed by atoms with Crippen molar-refractivity contribution in [2.75, 3.05) is 7.11 Å². The predicted octanol–water partition coefficient (Wildman–Crippen LogP) is 3.56. The summed E-state index contributed by atoms with van der Waals surface area (Å²) >= 11 is 1.46. The quantitative estimate of drug-likeness (QED) is 0.553. The van der Waals surface area contributed by atoms with E-state index in [0.29, 0.717) is 16.8 Å². The highest BCUT2D eigenvalue weighted by atomic mass is 32.2. The molecule has 0 saturated heterocycles. The minimum atomic E-state index is -0.0709. The highest BCUT2D eigenvalue weighted by Gasteiger charge is 2.21. The molecule has 1 unspecified atom stereocenters. The molecule has 0 amide bonds. The van der Waals surface area contributed by atoms with E-state index in [1.165, 1.54) is 11.8 Å². The number of hydrogen-bond acceptors (Lipinski definition) is 8. The average molecular weight is 374 g/mol. The molecule has 1 aromatic carbocycles. The van der Waals surface area contributed by atoms with Crippen LogP contribution in [0.4, 0.5) is 0 Å². The molecule has 2 aromatic heterocycles. The molecule has 8 nitrogen and oxygen atoms in total. The van der Waals surface area contributed by atoms with Gasteiger partial charge in [0.2, 0.25) is 11.0 Å². The first-order valence-electron chi connectivity index (χ1n) is 8.55. The van der Waals surface area contributed by atoms with Crippen LogP contribution in [0.2, 0.25) is 0 Å². The van der Waals surface area contributed by atoms with Gasteiger partial charge in [0.15, 0.2) is 5.82 Å². The van der Waals surface area contributed by atoms with Gasteiger partial charge < -0.3 is 9.26 Å². The number of nitrogens with zero attached hydrogens (tertiary/aromatic N) is 6. The minimum Gasteiger partial charge on any atom is -0.494 e. The van der Waals surface area contributed by atoms with Gasteiger partial charge in [0, 0.05) is 6.42 Å². The summed E-state index contributed by atoms with van der Waals surface area (Å²) in [5, 5.41) is 16.7. The SMILES string of the molecule is CCCCc1noc(C(C)Sc2nnnn2-c2cc(C)ccc2OC)n1. The van der Waals surface area contributed by atoms with Gasteiger partial charge in [0.1, 0.15) is 11.4 Å². The molecule has 26 heavy (non-hydrogen) atoms. The Labute approximate surface area is 156 Å². The van der Waals surface area contributed by atoms with Crippen molar-refractivity contribution < 1.29 is 9.26 Å². The van der Waals surface area contributed by atoms with Crippen molar-refractivity contribution in [3.8, 4) is 11.4 Å². The first-order valence-corrected chi connectivity index (χ1v) is 9.42. The van der Waals surface area contributed by atoms with E-state index in [0.717, 1.165) is 36.3 Å². The summed E-state index contributed by atoms with van der Waals surface area (Å²) in [5.41, 5.74) is 1.89. The molecule has 0 aliphatic rings. The normalized spacial score (nSPS) is 12.3. The van der Waals surface area contributed by atoms with E-state index in [1.54, 1.807) is 11.8 Å². The maximum atomic E-state index is 5.44. The van der Waals surface area contributed by atoms with Crippen LogP contribution < -0.4 is 4.74 Å². The number of rotatable bonds is 8. The standard InChI is InChI=1S/C17H22N6O2S/c1-5-6-7-15-18-16(25-20-15)12(3)26-17-19-21-22-23(17)13-10-11(2)8-9-14(13)24-4/h8-10,12H,5-7H2,1-4H3. The third kappa shape index (κ3) is 4.04. The van der Waals surface area contributed by atoms with E-state index < -0.39 is 0 Å². The fraction of sp³-hybridized carbons (Fsp3) is 0.471. The number of aromatic nitrogens is 6. The van der Waals surface area contributed by atoms with Crippen molar-refractivity contribution in [3.05, 3.63) is 35.5 Å². The highest BCUT2D eigenvalue weighted by molar-refractivity contribution is 7.99. The Morgan fingerprint density at radius 1 is 1.35 bits per heavy atom. The van der Waals surface area contributed by atoms with Gasteiger partial charge in [-0.05, 0) is 48.4 Å². The van der Waals surface area contributed by atoms with Crippen molar-refractivity contribution in [2.24, 2.45) is 0 Å². The topological polar surface area (TPSA) is 91.8 Å². The first kappa shape index (κ1) is 18.4. The molecule has 0 spiro atoms. The molecule has 1 atom stereocenters. The van der Waals surface area contributed by atoms with Crippen molar-refractivity contribution in [1.82, 2.24) is 30.3 Å². The van der Waals surface area contributed by atoms with Gasteiger partial charge in [-0.2, -0.15) is 9.67 Å². The smallest absolute Gasteiger partial charge is 0.239 e. The van der Waals surface area contributed by atoms with Gasteiger partial charge in [0.25, 0.3) is 0 Å². The van der Waals surface area contributed by atoms with E-state index in [1.807, 2.05) is 32.0 Å². The molecule has 3 aromatic rings. The number of unbranched alkanes of at least 4 members (excludes halogenated alkanes) is 1. The van der Waals surface area contributed by atoms with Crippen LogP contribution >= 0.6 is 11.8 Å². The molecule has 0 fully saturated rings. The Morgan fingerprint density at radius 2 is 2.19 bits per heavy atom. The summed E-state index contributed by atoms with van der Waals surface area (Å²) < 4.78 is 12.5. The molecule has 0 saturated carbocycles. The van der Waals surface area contributed by atoms with Crippen LogP contribution in [0.15, 0.2) is 27.9 Å². The monoisotopic (exact) mass is 374 g/mol. The number of thioether (sulfide) groups is 1. The predicted molar refractivity (Wildman–Crippen MR) is 97.6 cm³/mol. The summed E-state index contributed by atoms with van der Waals surface area (Å²) in [6, 6.07) is 5.88. The van der Waals surface area contributed by atoms with Crippen LogP contribution in [0, 0.1) is 6.92 Å². The van der Waals surface area contributed by atoms with Crippen LogP contribution in [-0.4, -0.2) is 37.5 Å². The summed E-state index contributed by atoms with van der Waals surface area (Å²) in [4.78, 5) is 4.48. The Kier molecular flexibility index (Phi) is 5.87. The van der Waals surface area contributed by atoms with Crippen molar-refractivity contribution in [1.29, 1.82) is 0 Å². The maximum absolute atomic E-state index is 5.44. The number of tetrazole rings is 1. The van der Waals surface area contributed by atoms with Crippen LogP contribution in [0.5, 0.6) is 5.75 Å². The summed E-state index contributed by atoms with van der Waals surface area (Å²) in [7, 11) is 1.63. The molecule has 138 valence electrons. The Balaban J connectivity index is 1.81. The Hall–Kier alpha value is -2.42. The lowest BCUT2D eigenvalue weighted by Crippen LogP contribution is -2.03. The molecule has 0 radical (unpaired) electrons. The van der Waals surface area contributed by atoms with E-state index in [-0.39, 0.29) is 5.25 Å². The van der Waals surface area contributed by atoms with Crippen LogP contribution in [0.3, 0.4) is 0 Å². The lowest BCUT2D eigenvalue weighted by molar-refractivity contribution is 0.374. The van der Waals surface area contributed by atoms with E-state index in [2.05, 4.69) is 32.6 Å². The Morgan fingerprint density at radius 3 is 2.96 bits per heavy atom. The molecule has 9 heteroatoms. The third-order valence-electron chi connectivity index (χ3n) is 3.87. The lowest BCUT2D eigenvalue weighted by Gasteiger charge is -2.11. The largest absolute Gasteiger partial charge is 0.494 e. The second-order valence-corrected chi connectivity index (χ2v) is 7.27. The number of hydrogen-bond donors (Lipinski definition) is 0. The van der Waals surface area contributed by atoms with Crippen molar-refractivity contribution in [2.45, 2.75) is 50.4 Å². The lowest BCUT2D eigenvalue weighted by atomic mass is 10.2. The molecular formula is C17H22N6O2S. The number of benzene rings is 1. The summed E-state index contributed by atoms with van der Waals surface area (Å²) in [5.74, 6) is 2.03. The second kappa shape index (κ2) is 8.31. The average Bonchev–Trinajstić information content (AvgIpc) is 3.29. The zero-order chi connectivity index (χ0) is 18.5. The van der Waals surface area contributed by atoms with Crippen molar-refractivity contribution >= 4 is 11.8 Å². The second-order valence-electron chi connectivity index (χ2n) is 5.96. The van der Waals surface area contributed by atoms with E-state index >= 15 is 0 Å². The van der Waals surface area contributed by atoms with Gasteiger partial charge in [-0.1, -0.05) is 36.3 Å². The number of ether oxygens (including phenoxy) is 1. The molecular weight excluding hydrogens is 352 g/mol. The van der Waals surface area contributed by atoms with Crippen LogP contribution in [0.25, 0.3) is 5.69 Å². The van der Waals surface area contributed by atoms with Crippen molar-refractivity contribution in [3.63, 3.8) is 0 Å². The zero-order valence-electron chi connectivity index (χ0n) is 15.3. The molecule has 0 N–H and O–H groups in total. The Bertz CT molecular complexity index is 863. The summed E-state index contributed by atoms with van der Waals surface area (Å²) in [6.45, 7) is 6.14. The number of methoxy groups -OCH3 is 1. The highest BCUT2D eigenvalue weighted by Crippen LogP contribution is 2.35. The molecule has 2 heterocycles. The van der Waals surface area contributed by atoms with Gasteiger partial charge in [-0.25, -0.2) is 0 Å². The van der Waals surface area contributed by atoms with Gasteiger partial charge >= 0.3 is 0 Å². The summed E-state index contributed by atoms with van der Waals surface area (Å²) in [6.07, 6.45) is 2.97. The molecule has 0 aliphatic heterocycles. The zero-order valence-corrected chi connectivity index (χ0v) is 16.2. The van der Waals surface area contributed by atoms with E-state index in [9.17, 15) is 0 Å². The van der Waals surface area contributed by atoms with Gasteiger partial charge in [0.05, 0.1) is 12.4 Å². The minimum absolute atomic E-state index is 0.0709. The fourth-order valence-corrected chi connectivity index (χ4v) is 3.28. The third-order valence-corrected chi connectivity index (χ3v) is 4.89. The first-order chi connectivity index (χ1) is 12.6. The van der Waals surface area contributed by atoms with Gasteiger partial charge in [-0.3, -0.25) is 0 Å². The molecule has 3 rings (SSSR count). The molecule has 0 aliphatic carbocycles. The van der Waals surface area contributed by atoms with E-state index in [4.69, 9.17) is 9.26 Å². The molecule has 0 bridgehead atoms. The fourth-order valence-electron chi connectivity index (χ4n) is 2.45. The maximum Gasteiger partial charge on any atom is 0.239 e. The van der Waals surface area contributed by atoms with Crippen LogP contribution in [0.1, 0.15) is 49.2 Å². The van der Waals surface area contributed by atoms with Gasteiger partial charge in [-0.15, -0.1) is 5.10 Å².